The van der Waals surface area contributed by atoms with Gasteiger partial charge in [-0.05, 0) is 25.3 Å². The van der Waals surface area contributed by atoms with E-state index >= 15 is 0 Å². The standard InChI is InChI=1S/C23H28O12/c1-12(9-14(11-24)10-13-5-3-2-4-6-13)7-8-21-15(25)16(26)23(35-21,20(31)32)22(33,19(29)30)17(34-21)18(27)28/h2-6,9,14-17,24-26,33H,7-8,10-11H2,1H3,(H,27,28)(H,29,30)(H,31,32). The van der Waals surface area contributed by atoms with Gasteiger partial charge in [0.25, 0.3) is 0 Å². The van der Waals surface area contributed by atoms with E-state index in [-0.39, 0.29) is 25.4 Å². The predicted molar refractivity (Wildman–Crippen MR) is 115 cm³/mol. The molecule has 0 aromatic heterocycles. The molecule has 3 rings (SSSR count). The first-order valence-electron chi connectivity index (χ1n) is 10.8. The summed E-state index contributed by atoms with van der Waals surface area (Å²) in [6, 6.07) is 9.36. The second-order valence-electron chi connectivity index (χ2n) is 8.90. The molecule has 0 spiro atoms. The Morgan fingerprint density at radius 3 is 2.20 bits per heavy atom. The summed E-state index contributed by atoms with van der Waals surface area (Å²) in [5.74, 6) is -9.25. The topological polar surface area (TPSA) is 211 Å². The molecule has 1 aromatic carbocycles. The molecule has 0 amide bonds. The largest absolute Gasteiger partial charge is 0.479 e. The van der Waals surface area contributed by atoms with Gasteiger partial charge in [-0.2, -0.15) is 0 Å². The predicted octanol–water partition coefficient (Wildman–Crippen LogP) is -0.865. The van der Waals surface area contributed by atoms with Crippen LogP contribution in [0.1, 0.15) is 25.3 Å². The maximum atomic E-state index is 12.1. The summed E-state index contributed by atoms with van der Waals surface area (Å²) in [6.45, 7) is 1.50. The van der Waals surface area contributed by atoms with Gasteiger partial charge in [0.2, 0.25) is 17.3 Å². The van der Waals surface area contributed by atoms with Crippen LogP contribution in [0, 0.1) is 5.92 Å². The van der Waals surface area contributed by atoms with Crippen molar-refractivity contribution in [2.75, 3.05) is 6.61 Å². The number of allylic oxidation sites excluding steroid dienone is 1. The fraction of sp³-hybridized carbons (Fsp3) is 0.522. The first-order chi connectivity index (χ1) is 16.4. The van der Waals surface area contributed by atoms with Gasteiger partial charge in [0.05, 0.1) is 0 Å². The van der Waals surface area contributed by atoms with Gasteiger partial charge in [-0.25, -0.2) is 14.4 Å². The van der Waals surface area contributed by atoms with Crippen molar-refractivity contribution in [1.29, 1.82) is 0 Å². The highest BCUT2D eigenvalue weighted by atomic mass is 16.8. The van der Waals surface area contributed by atoms with Gasteiger partial charge in [0.15, 0.2) is 5.79 Å². The lowest BCUT2D eigenvalue weighted by Crippen LogP contribution is -2.77. The molecule has 1 aromatic rings. The van der Waals surface area contributed by atoms with Crippen molar-refractivity contribution in [2.24, 2.45) is 5.92 Å². The van der Waals surface area contributed by atoms with Crippen molar-refractivity contribution in [3.8, 4) is 0 Å². The van der Waals surface area contributed by atoms with Crippen LogP contribution in [0.3, 0.4) is 0 Å². The van der Waals surface area contributed by atoms with Gasteiger partial charge in [0, 0.05) is 18.9 Å². The molecule has 2 bridgehead atoms. The molecule has 7 N–H and O–H groups in total. The third-order valence-electron chi connectivity index (χ3n) is 6.59. The van der Waals surface area contributed by atoms with Crippen molar-refractivity contribution in [3.05, 3.63) is 47.5 Å². The van der Waals surface area contributed by atoms with Gasteiger partial charge >= 0.3 is 17.9 Å². The zero-order chi connectivity index (χ0) is 26.2. The average Bonchev–Trinajstić information content (AvgIpc) is 3.01. The minimum absolute atomic E-state index is 0.0304. The van der Waals surface area contributed by atoms with E-state index in [1.807, 2.05) is 30.3 Å². The van der Waals surface area contributed by atoms with Gasteiger partial charge in [-0.1, -0.05) is 42.0 Å². The third kappa shape index (κ3) is 4.22. The van der Waals surface area contributed by atoms with Crippen LogP contribution >= 0.6 is 0 Å². The number of aliphatic hydroxyl groups is 4. The van der Waals surface area contributed by atoms with Gasteiger partial charge in [0.1, 0.15) is 12.2 Å². The van der Waals surface area contributed by atoms with Crippen LogP contribution in [0.4, 0.5) is 0 Å². The van der Waals surface area contributed by atoms with Crippen LogP contribution < -0.4 is 0 Å². The summed E-state index contributed by atoms with van der Waals surface area (Å²) in [7, 11) is 0. The van der Waals surface area contributed by atoms with Crippen molar-refractivity contribution in [1.82, 2.24) is 0 Å². The molecule has 7 atom stereocenters. The SMILES string of the molecule is CC(=CC(CO)Cc1ccccc1)CCC12OC(C(=O)O)C(O)(C(=O)O)C(C(=O)O)(O1)C(O)C2O. The normalized spacial score (nSPS) is 35.5. The lowest BCUT2D eigenvalue weighted by molar-refractivity contribution is -0.373. The van der Waals surface area contributed by atoms with E-state index < -0.39 is 53.2 Å². The quantitative estimate of drug-likeness (QED) is 0.197. The molecule has 2 aliphatic rings. The zero-order valence-corrected chi connectivity index (χ0v) is 18.8. The summed E-state index contributed by atoms with van der Waals surface area (Å²) in [5.41, 5.74) is -5.56. The maximum Gasteiger partial charge on any atom is 0.343 e. The lowest BCUT2D eigenvalue weighted by atomic mass is 9.74. The number of hydrogen-bond acceptors (Lipinski definition) is 9. The van der Waals surface area contributed by atoms with Crippen LogP contribution in [0.25, 0.3) is 0 Å². The molecule has 12 heteroatoms. The Hall–Kier alpha value is -2.87. The van der Waals surface area contributed by atoms with E-state index in [2.05, 4.69) is 0 Å². The molecule has 192 valence electrons. The van der Waals surface area contributed by atoms with E-state index in [0.29, 0.717) is 12.0 Å². The van der Waals surface area contributed by atoms with E-state index in [4.69, 9.17) is 9.47 Å². The fourth-order valence-electron chi connectivity index (χ4n) is 4.77. The number of carboxylic acids is 3. The van der Waals surface area contributed by atoms with Gasteiger partial charge in [-0.3, -0.25) is 0 Å². The molecule has 7 unspecified atom stereocenters. The third-order valence-corrected chi connectivity index (χ3v) is 6.59. The Kier molecular flexibility index (Phi) is 7.37. The monoisotopic (exact) mass is 496 g/mol. The number of ether oxygens (including phenoxy) is 2. The number of carboxylic acid groups (broad SMARTS) is 3. The van der Waals surface area contributed by atoms with Crippen LogP contribution in [-0.2, 0) is 30.3 Å². The molecular weight excluding hydrogens is 468 g/mol. The summed E-state index contributed by atoms with van der Waals surface area (Å²) < 4.78 is 10.5. The van der Waals surface area contributed by atoms with Crippen LogP contribution in [0.5, 0.6) is 0 Å². The molecule has 2 saturated heterocycles. The van der Waals surface area contributed by atoms with Crippen molar-refractivity contribution < 1.29 is 59.6 Å². The van der Waals surface area contributed by atoms with Crippen LogP contribution in [0.15, 0.2) is 42.0 Å². The van der Waals surface area contributed by atoms with Gasteiger partial charge in [-0.15, -0.1) is 0 Å². The van der Waals surface area contributed by atoms with Crippen molar-refractivity contribution >= 4 is 17.9 Å². The second-order valence-corrected chi connectivity index (χ2v) is 8.90. The molecule has 0 saturated carbocycles. The van der Waals surface area contributed by atoms with E-state index in [1.54, 1.807) is 13.0 Å². The highest BCUT2D eigenvalue weighted by Crippen LogP contribution is 2.54. The summed E-state index contributed by atoms with van der Waals surface area (Å²) in [5, 5.41) is 70.5. The summed E-state index contributed by atoms with van der Waals surface area (Å²) in [6.07, 6.45) is -5.49. The number of aliphatic hydroxyl groups excluding tert-OH is 3. The first-order valence-corrected chi connectivity index (χ1v) is 10.8. The highest BCUT2D eigenvalue weighted by molar-refractivity contribution is 5.97. The minimum Gasteiger partial charge on any atom is -0.479 e. The highest BCUT2D eigenvalue weighted by Gasteiger charge is 2.84. The number of aliphatic carboxylic acids is 3. The molecule has 2 heterocycles. The number of benzene rings is 1. The zero-order valence-electron chi connectivity index (χ0n) is 18.8. The molecular formula is C23H28O12. The number of rotatable bonds is 10. The van der Waals surface area contributed by atoms with E-state index in [9.17, 15) is 50.1 Å². The Morgan fingerprint density at radius 2 is 1.69 bits per heavy atom. The summed E-state index contributed by atoms with van der Waals surface area (Å²) >= 11 is 0. The van der Waals surface area contributed by atoms with Crippen molar-refractivity contribution in [3.63, 3.8) is 0 Å². The van der Waals surface area contributed by atoms with Crippen molar-refractivity contribution in [2.45, 2.75) is 61.5 Å². The summed E-state index contributed by atoms with van der Waals surface area (Å²) in [4.78, 5) is 35.8. The number of carbonyl (C=O) groups is 3. The molecule has 0 aliphatic carbocycles. The average molecular weight is 496 g/mol. The molecule has 2 fully saturated rings. The van der Waals surface area contributed by atoms with Gasteiger partial charge < -0.3 is 45.2 Å². The van der Waals surface area contributed by atoms with Crippen LogP contribution in [0.2, 0.25) is 0 Å². The Morgan fingerprint density at radius 1 is 1.06 bits per heavy atom. The molecule has 2 aliphatic heterocycles. The van der Waals surface area contributed by atoms with Crippen LogP contribution in [-0.4, -0.2) is 95.6 Å². The van der Waals surface area contributed by atoms with E-state index in [0.717, 1.165) is 5.56 Å². The molecule has 12 nitrogen and oxygen atoms in total. The first kappa shape index (κ1) is 26.7. The number of fused-ring (bicyclic) bond motifs is 2. The maximum absolute atomic E-state index is 12.1. The smallest absolute Gasteiger partial charge is 0.343 e. The Labute approximate surface area is 199 Å². The Bertz CT molecular complexity index is 1010. The second kappa shape index (κ2) is 9.64. The molecule has 0 radical (unpaired) electrons. The minimum atomic E-state index is -3.76. The van der Waals surface area contributed by atoms with E-state index in [1.165, 1.54) is 0 Å². The fourth-order valence-corrected chi connectivity index (χ4v) is 4.77. The Balaban J connectivity index is 1.90. The lowest BCUT2D eigenvalue weighted by Gasteiger charge is -2.48. The number of hydrogen-bond donors (Lipinski definition) is 7. The molecule has 35 heavy (non-hydrogen) atoms.